The summed E-state index contributed by atoms with van der Waals surface area (Å²) in [5.41, 5.74) is 0. The zero-order valence-electron chi connectivity index (χ0n) is 10.7. The van der Waals surface area contributed by atoms with Crippen LogP contribution in [0.2, 0.25) is 0 Å². The first kappa shape index (κ1) is 13.3. The molecule has 0 aliphatic carbocycles. The molecule has 1 amide bonds. The van der Waals surface area contributed by atoms with Gasteiger partial charge in [-0.1, -0.05) is 0 Å². The summed E-state index contributed by atoms with van der Waals surface area (Å²) in [6.07, 6.45) is 1.37. The molecule has 102 valence electrons. The molecular formula is C12H20N2O4. The Hall–Kier alpha value is -1.14. The molecule has 0 aromatic carbocycles. The van der Waals surface area contributed by atoms with E-state index < -0.39 is 12.1 Å². The van der Waals surface area contributed by atoms with Crippen molar-refractivity contribution < 1.29 is 19.4 Å². The van der Waals surface area contributed by atoms with Crippen LogP contribution in [0.15, 0.2) is 0 Å². The summed E-state index contributed by atoms with van der Waals surface area (Å²) in [4.78, 5) is 26.5. The van der Waals surface area contributed by atoms with E-state index >= 15 is 0 Å². The average molecular weight is 256 g/mol. The van der Waals surface area contributed by atoms with Gasteiger partial charge in [0.15, 0.2) is 6.10 Å². The molecule has 6 nitrogen and oxygen atoms in total. The van der Waals surface area contributed by atoms with E-state index in [9.17, 15) is 9.59 Å². The first-order chi connectivity index (χ1) is 8.56. The van der Waals surface area contributed by atoms with E-state index in [1.165, 1.54) is 0 Å². The lowest BCUT2D eigenvalue weighted by Gasteiger charge is -2.36. The van der Waals surface area contributed by atoms with Crippen molar-refractivity contribution in [2.75, 3.05) is 39.8 Å². The summed E-state index contributed by atoms with van der Waals surface area (Å²) in [5, 5.41) is 8.92. The van der Waals surface area contributed by atoms with Gasteiger partial charge in [0.25, 0.3) is 0 Å². The fraction of sp³-hybridized carbons (Fsp3) is 0.833. The summed E-state index contributed by atoms with van der Waals surface area (Å²) in [5.74, 6) is -0.644. The first-order valence-corrected chi connectivity index (χ1v) is 6.37. The summed E-state index contributed by atoms with van der Waals surface area (Å²) in [6.45, 7) is 2.79. The Morgan fingerprint density at radius 2 is 2.28 bits per heavy atom. The van der Waals surface area contributed by atoms with E-state index in [0.717, 1.165) is 25.9 Å². The molecule has 0 saturated carbocycles. The first-order valence-electron chi connectivity index (χ1n) is 6.37. The van der Waals surface area contributed by atoms with E-state index in [-0.39, 0.29) is 19.1 Å². The van der Waals surface area contributed by atoms with Crippen LogP contribution in [0.3, 0.4) is 0 Å². The van der Waals surface area contributed by atoms with Crippen LogP contribution in [-0.4, -0.2) is 72.7 Å². The monoisotopic (exact) mass is 256 g/mol. The van der Waals surface area contributed by atoms with Crippen LogP contribution in [0, 0.1) is 5.92 Å². The lowest BCUT2D eigenvalue weighted by atomic mass is 9.97. The minimum atomic E-state index is -0.992. The fourth-order valence-corrected chi connectivity index (χ4v) is 2.68. The van der Waals surface area contributed by atoms with E-state index in [1.54, 1.807) is 4.90 Å². The number of likely N-dealkylation sites (tertiary alicyclic amines) is 1. The number of carbonyl (C=O) groups is 2. The second-order valence-electron chi connectivity index (χ2n) is 5.21. The van der Waals surface area contributed by atoms with Crippen molar-refractivity contribution in [3.63, 3.8) is 0 Å². The number of aliphatic carboxylic acids is 1. The molecule has 2 heterocycles. The Balaban J connectivity index is 1.90. The number of carboxylic acid groups (broad SMARTS) is 1. The lowest BCUT2D eigenvalue weighted by molar-refractivity contribution is -0.165. The SMILES string of the molecule is CN1CCCC(CN2CC(C(=O)O)OCC2=O)C1. The van der Waals surface area contributed by atoms with Gasteiger partial charge in [-0.3, -0.25) is 4.79 Å². The number of carboxylic acids is 1. The second-order valence-corrected chi connectivity index (χ2v) is 5.21. The summed E-state index contributed by atoms with van der Waals surface area (Å²) in [7, 11) is 2.08. The van der Waals surface area contributed by atoms with Crippen molar-refractivity contribution in [2.45, 2.75) is 18.9 Å². The lowest BCUT2D eigenvalue weighted by Crippen LogP contribution is -2.52. The Bertz CT molecular complexity index is 334. The molecular weight excluding hydrogens is 236 g/mol. The second kappa shape index (κ2) is 5.67. The standard InChI is InChI=1S/C12H20N2O4/c1-13-4-2-3-9(5-13)6-14-7-10(12(16)17)18-8-11(14)15/h9-10H,2-8H2,1H3,(H,16,17). The van der Waals surface area contributed by atoms with Gasteiger partial charge in [-0.05, 0) is 32.4 Å². The highest BCUT2D eigenvalue weighted by Gasteiger charge is 2.32. The molecule has 0 spiro atoms. The zero-order valence-corrected chi connectivity index (χ0v) is 10.7. The molecule has 0 radical (unpaired) electrons. The quantitative estimate of drug-likeness (QED) is 0.747. The van der Waals surface area contributed by atoms with E-state index in [4.69, 9.17) is 9.84 Å². The minimum absolute atomic E-state index is 0.0965. The molecule has 0 bridgehead atoms. The maximum Gasteiger partial charge on any atom is 0.334 e. The predicted molar refractivity (Wildman–Crippen MR) is 64.2 cm³/mol. The highest BCUT2D eigenvalue weighted by atomic mass is 16.5. The number of piperidine rings is 1. The summed E-state index contributed by atoms with van der Waals surface area (Å²) < 4.78 is 4.99. The van der Waals surface area contributed by atoms with Crippen LogP contribution >= 0.6 is 0 Å². The molecule has 2 aliphatic heterocycles. The highest BCUT2D eigenvalue weighted by Crippen LogP contribution is 2.18. The van der Waals surface area contributed by atoms with Crippen LogP contribution in [-0.2, 0) is 14.3 Å². The van der Waals surface area contributed by atoms with Crippen molar-refractivity contribution in [2.24, 2.45) is 5.92 Å². The number of nitrogens with zero attached hydrogens (tertiary/aromatic N) is 2. The fourth-order valence-electron chi connectivity index (χ4n) is 2.68. The van der Waals surface area contributed by atoms with Crippen LogP contribution in [0.1, 0.15) is 12.8 Å². The Kier molecular flexibility index (Phi) is 4.19. The number of amides is 1. The third kappa shape index (κ3) is 3.20. The van der Waals surface area contributed by atoms with Crippen molar-refractivity contribution >= 4 is 11.9 Å². The maximum atomic E-state index is 11.7. The molecule has 2 unspecified atom stereocenters. The molecule has 2 rings (SSSR count). The number of carbonyl (C=O) groups excluding carboxylic acids is 1. The predicted octanol–water partition coefficient (Wildman–Crippen LogP) is -0.360. The van der Waals surface area contributed by atoms with Gasteiger partial charge in [0.2, 0.25) is 5.91 Å². The molecule has 2 atom stereocenters. The molecule has 2 fully saturated rings. The molecule has 1 N–H and O–H groups in total. The van der Waals surface area contributed by atoms with Crippen LogP contribution in [0.4, 0.5) is 0 Å². The van der Waals surface area contributed by atoms with Crippen LogP contribution in [0.25, 0.3) is 0 Å². The minimum Gasteiger partial charge on any atom is -0.479 e. The van der Waals surface area contributed by atoms with Crippen molar-refractivity contribution in [3.05, 3.63) is 0 Å². The summed E-state index contributed by atoms with van der Waals surface area (Å²) in [6, 6.07) is 0. The van der Waals surface area contributed by atoms with E-state index in [0.29, 0.717) is 12.5 Å². The molecule has 2 saturated heterocycles. The zero-order chi connectivity index (χ0) is 13.1. The topological polar surface area (TPSA) is 70.1 Å². The van der Waals surface area contributed by atoms with E-state index in [2.05, 4.69) is 11.9 Å². The number of hydrogen-bond acceptors (Lipinski definition) is 4. The Labute approximate surface area is 106 Å². The Morgan fingerprint density at radius 3 is 2.94 bits per heavy atom. The maximum absolute atomic E-state index is 11.7. The number of hydrogen-bond donors (Lipinski definition) is 1. The van der Waals surface area contributed by atoms with Crippen molar-refractivity contribution in [3.8, 4) is 0 Å². The normalized spacial score (nSPS) is 30.5. The third-order valence-electron chi connectivity index (χ3n) is 3.62. The van der Waals surface area contributed by atoms with E-state index in [1.807, 2.05) is 0 Å². The third-order valence-corrected chi connectivity index (χ3v) is 3.62. The largest absolute Gasteiger partial charge is 0.479 e. The molecule has 2 aliphatic rings. The number of ether oxygens (including phenoxy) is 1. The smallest absolute Gasteiger partial charge is 0.334 e. The van der Waals surface area contributed by atoms with Crippen LogP contribution in [0.5, 0.6) is 0 Å². The average Bonchev–Trinajstić information content (AvgIpc) is 2.31. The summed E-state index contributed by atoms with van der Waals surface area (Å²) >= 11 is 0. The van der Waals surface area contributed by atoms with Gasteiger partial charge < -0.3 is 19.6 Å². The molecule has 0 aromatic heterocycles. The highest BCUT2D eigenvalue weighted by molar-refractivity contribution is 5.81. The Morgan fingerprint density at radius 1 is 1.50 bits per heavy atom. The number of rotatable bonds is 3. The van der Waals surface area contributed by atoms with Crippen molar-refractivity contribution in [1.29, 1.82) is 0 Å². The van der Waals surface area contributed by atoms with Crippen molar-refractivity contribution in [1.82, 2.24) is 9.80 Å². The van der Waals surface area contributed by atoms with Gasteiger partial charge in [0.05, 0.1) is 6.54 Å². The molecule has 6 heteroatoms. The number of morpholine rings is 1. The van der Waals surface area contributed by atoms with Gasteiger partial charge >= 0.3 is 5.97 Å². The molecule has 18 heavy (non-hydrogen) atoms. The van der Waals surface area contributed by atoms with Gasteiger partial charge in [0, 0.05) is 13.1 Å². The van der Waals surface area contributed by atoms with Gasteiger partial charge in [-0.2, -0.15) is 0 Å². The van der Waals surface area contributed by atoms with Crippen LogP contribution < -0.4 is 0 Å². The van der Waals surface area contributed by atoms with Gasteiger partial charge in [-0.25, -0.2) is 4.79 Å². The van der Waals surface area contributed by atoms with Gasteiger partial charge in [-0.15, -0.1) is 0 Å². The molecule has 0 aromatic rings. The van der Waals surface area contributed by atoms with Gasteiger partial charge in [0.1, 0.15) is 6.61 Å².